The number of benzene rings is 1. The fourth-order valence-electron chi connectivity index (χ4n) is 2.22. The maximum absolute atomic E-state index is 4.50. The van der Waals surface area contributed by atoms with E-state index in [0.29, 0.717) is 5.95 Å². The van der Waals surface area contributed by atoms with Crippen LogP contribution in [0, 0.1) is 6.92 Å². The molecule has 0 fully saturated rings. The zero-order chi connectivity index (χ0) is 16.1. The van der Waals surface area contributed by atoms with Gasteiger partial charge in [0.2, 0.25) is 5.95 Å². The Balaban J connectivity index is 1.82. The lowest BCUT2D eigenvalue weighted by atomic mass is 10.1. The summed E-state index contributed by atoms with van der Waals surface area (Å²) in [7, 11) is 1.81. The minimum atomic E-state index is 0.589. The fourth-order valence-corrected chi connectivity index (χ4v) is 2.22. The number of hydrogen-bond acceptors (Lipinski definition) is 5. The van der Waals surface area contributed by atoms with E-state index >= 15 is 0 Å². The predicted octanol–water partition coefficient (Wildman–Crippen LogP) is 3.50. The van der Waals surface area contributed by atoms with Crippen molar-refractivity contribution in [2.45, 2.75) is 13.5 Å². The van der Waals surface area contributed by atoms with Gasteiger partial charge < -0.3 is 10.6 Å². The second-order valence-corrected chi connectivity index (χ2v) is 5.29. The molecule has 0 amide bonds. The Labute approximate surface area is 135 Å². The summed E-state index contributed by atoms with van der Waals surface area (Å²) in [6.07, 6.45) is 3.52. The van der Waals surface area contributed by atoms with E-state index in [0.717, 1.165) is 23.6 Å². The highest BCUT2D eigenvalue weighted by Crippen LogP contribution is 2.21. The van der Waals surface area contributed by atoms with E-state index in [4.69, 9.17) is 0 Å². The van der Waals surface area contributed by atoms with Crippen molar-refractivity contribution in [2.75, 3.05) is 17.7 Å². The lowest BCUT2D eigenvalue weighted by Gasteiger charge is -2.10. The maximum Gasteiger partial charge on any atom is 0.224 e. The first kappa shape index (κ1) is 15.0. The lowest BCUT2D eigenvalue weighted by molar-refractivity contribution is 1.08. The molecule has 0 aliphatic carbocycles. The molecular weight excluding hydrogens is 286 g/mol. The van der Waals surface area contributed by atoms with Gasteiger partial charge in [0.15, 0.2) is 0 Å². The molecule has 23 heavy (non-hydrogen) atoms. The van der Waals surface area contributed by atoms with Crippen molar-refractivity contribution in [3.8, 4) is 11.3 Å². The van der Waals surface area contributed by atoms with E-state index in [9.17, 15) is 0 Å². The molecule has 2 N–H and O–H groups in total. The van der Waals surface area contributed by atoms with E-state index in [2.05, 4.69) is 56.8 Å². The standard InChI is InChI=1S/C18H19N5/c1-13-3-5-14(6-4-13)12-21-17-11-16(22-18(19-2)23-17)15-7-9-20-10-8-15/h3-11H,12H2,1-2H3,(H2,19,21,22,23). The third kappa shape index (κ3) is 3.83. The van der Waals surface area contributed by atoms with Crippen LogP contribution in [0.2, 0.25) is 0 Å². The molecular formula is C18H19N5. The molecule has 0 bridgehead atoms. The zero-order valence-electron chi connectivity index (χ0n) is 13.2. The van der Waals surface area contributed by atoms with Crippen molar-refractivity contribution < 1.29 is 0 Å². The number of aromatic nitrogens is 3. The van der Waals surface area contributed by atoms with Gasteiger partial charge in [-0.05, 0) is 24.6 Å². The van der Waals surface area contributed by atoms with Gasteiger partial charge >= 0.3 is 0 Å². The van der Waals surface area contributed by atoms with Gasteiger partial charge in [0.05, 0.1) is 5.69 Å². The first-order chi connectivity index (χ1) is 11.2. The highest BCUT2D eigenvalue weighted by molar-refractivity contribution is 5.63. The van der Waals surface area contributed by atoms with Gasteiger partial charge in [-0.15, -0.1) is 0 Å². The molecule has 1 aromatic carbocycles. The van der Waals surface area contributed by atoms with E-state index < -0.39 is 0 Å². The molecule has 3 rings (SSSR count). The second-order valence-electron chi connectivity index (χ2n) is 5.29. The Morgan fingerprint density at radius 2 is 1.70 bits per heavy atom. The molecule has 5 heteroatoms. The molecule has 3 aromatic rings. The van der Waals surface area contributed by atoms with Gasteiger partial charge in [-0.3, -0.25) is 4.98 Å². The minimum absolute atomic E-state index is 0.589. The van der Waals surface area contributed by atoms with Crippen LogP contribution >= 0.6 is 0 Å². The van der Waals surface area contributed by atoms with Crippen molar-refractivity contribution in [3.05, 3.63) is 66.0 Å². The Morgan fingerprint density at radius 1 is 0.957 bits per heavy atom. The van der Waals surface area contributed by atoms with Crippen LogP contribution in [-0.4, -0.2) is 22.0 Å². The Hall–Kier alpha value is -2.95. The molecule has 0 saturated carbocycles. The van der Waals surface area contributed by atoms with Crippen molar-refractivity contribution in [1.82, 2.24) is 15.0 Å². The molecule has 116 valence electrons. The molecule has 5 nitrogen and oxygen atoms in total. The van der Waals surface area contributed by atoms with E-state index in [1.807, 2.05) is 25.2 Å². The molecule has 0 spiro atoms. The van der Waals surface area contributed by atoms with Gasteiger partial charge in [-0.25, -0.2) is 4.98 Å². The van der Waals surface area contributed by atoms with Gasteiger partial charge in [0.25, 0.3) is 0 Å². The Morgan fingerprint density at radius 3 is 2.39 bits per heavy atom. The van der Waals surface area contributed by atoms with Gasteiger partial charge in [-0.2, -0.15) is 4.98 Å². The van der Waals surface area contributed by atoms with Crippen molar-refractivity contribution in [1.29, 1.82) is 0 Å². The van der Waals surface area contributed by atoms with Crippen molar-refractivity contribution in [3.63, 3.8) is 0 Å². The summed E-state index contributed by atoms with van der Waals surface area (Å²) in [4.78, 5) is 13.0. The monoisotopic (exact) mass is 305 g/mol. The van der Waals surface area contributed by atoms with Crippen LogP contribution in [0.1, 0.15) is 11.1 Å². The fraction of sp³-hybridized carbons (Fsp3) is 0.167. The average Bonchev–Trinajstić information content (AvgIpc) is 2.61. The van der Waals surface area contributed by atoms with E-state index in [1.54, 1.807) is 12.4 Å². The predicted molar refractivity (Wildman–Crippen MR) is 93.3 cm³/mol. The van der Waals surface area contributed by atoms with Crippen LogP contribution in [0.3, 0.4) is 0 Å². The average molecular weight is 305 g/mol. The molecule has 0 saturated heterocycles. The number of hydrogen-bond donors (Lipinski definition) is 2. The van der Waals surface area contributed by atoms with Crippen LogP contribution in [0.4, 0.5) is 11.8 Å². The number of aryl methyl sites for hydroxylation is 1. The maximum atomic E-state index is 4.50. The van der Waals surface area contributed by atoms with Crippen molar-refractivity contribution in [2.24, 2.45) is 0 Å². The van der Waals surface area contributed by atoms with Crippen LogP contribution in [0.15, 0.2) is 54.9 Å². The SMILES string of the molecule is CNc1nc(NCc2ccc(C)cc2)cc(-c2ccncc2)n1. The first-order valence-corrected chi connectivity index (χ1v) is 7.51. The van der Waals surface area contributed by atoms with Gasteiger partial charge in [-0.1, -0.05) is 29.8 Å². The first-order valence-electron chi connectivity index (χ1n) is 7.51. The zero-order valence-corrected chi connectivity index (χ0v) is 13.2. The highest BCUT2D eigenvalue weighted by atomic mass is 15.1. The molecule has 2 heterocycles. The summed E-state index contributed by atoms with van der Waals surface area (Å²) in [6, 6.07) is 14.3. The highest BCUT2D eigenvalue weighted by Gasteiger charge is 2.06. The normalized spacial score (nSPS) is 10.3. The molecule has 0 radical (unpaired) electrons. The van der Waals surface area contributed by atoms with Crippen LogP contribution in [0.5, 0.6) is 0 Å². The number of pyridine rings is 1. The Kier molecular flexibility index (Phi) is 4.47. The van der Waals surface area contributed by atoms with Crippen LogP contribution in [-0.2, 0) is 6.54 Å². The summed E-state index contributed by atoms with van der Waals surface area (Å²) in [5.41, 5.74) is 4.34. The molecule has 0 unspecified atom stereocenters. The molecule has 2 aromatic heterocycles. The molecule has 0 aliphatic rings. The third-order valence-electron chi connectivity index (χ3n) is 3.52. The smallest absolute Gasteiger partial charge is 0.224 e. The third-order valence-corrected chi connectivity index (χ3v) is 3.52. The summed E-state index contributed by atoms with van der Waals surface area (Å²) in [6.45, 7) is 2.80. The van der Waals surface area contributed by atoms with E-state index in [1.165, 1.54) is 11.1 Å². The van der Waals surface area contributed by atoms with Gasteiger partial charge in [0.1, 0.15) is 5.82 Å². The van der Waals surface area contributed by atoms with Crippen LogP contribution in [0.25, 0.3) is 11.3 Å². The second kappa shape index (κ2) is 6.87. The number of anilines is 2. The molecule has 0 atom stereocenters. The lowest BCUT2D eigenvalue weighted by Crippen LogP contribution is -2.05. The number of rotatable bonds is 5. The number of nitrogens with one attached hydrogen (secondary N) is 2. The topological polar surface area (TPSA) is 62.7 Å². The Bertz CT molecular complexity index is 769. The summed E-state index contributed by atoms with van der Waals surface area (Å²) >= 11 is 0. The summed E-state index contributed by atoms with van der Waals surface area (Å²) < 4.78 is 0. The molecule has 0 aliphatic heterocycles. The number of nitrogens with zero attached hydrogens (tertiary/aromatic N) is 3. The minimum Gasteiger partial charge on any atom is -0.366 e. The van der Waals surface area contributed by atoms with Crippen LogP contribution < -0.4 is 10.6 Å². The largest absolute Gasteiger partial charge is 0.366 e. The quantitative estimate of drug-likeness (QED) is 0.755. The van der Waals surface area contributed by atoms with Crippen molar-refractivity contribution >= 4 is 11.8 Å². The summed E-state index contributed by atoms with van der Waals surface area (Å²) in [5.74, 6) is 1.38. The van der Waals surface area contributed by atoms with Gasteiger partial charge in [0, 0.05) is 37.6 Å². The summed E-state index contributed by atoms with van der Waals surface area (Å²) in [5, 5.41) is 6.36. The van der Waals surface area contributed by atoms with E-state index in [-0.39, 0.29) is 0 Å².